The molecule has 3 aromatic rings. The molecule has 0 saturated carbocycles. The van der Waals surface area contributed by atoms with Gasteiger partial charge in [-0.2, -0.15) is 0 Å². The van der Waals surface area contributed by atoms with Crippen LogP contribution in [0.3, 0.4) is 0 Å². The standard InChI is InChI=1S/C19H20N2O3/c1-13(2)19(23)21(12-16-7-5-9-24-16)11-15-10-14-6-3-4-8-17(14)20-18(15)22/h3-10,13H,11-12H2,1-2H3,(H,20,22). The van der Waals surface area contributed by atoms with E-state index in [2.05, 4.69) is 4.98 Å². The number of H-pyrrole nitrogens is 1. The Morgan fingerprint density at radius 1 is 1.17 bits per heavy atom. The number of rotatable bonds is 5. The maximum Gasteiger partial charge on any atom is 0.253 e. The predicted octanol–water partition coefficient (Wildman–Crippen LogP) is 3.31. The van der Waals surface area contributed by atoms with Gasteiger partial charge in [-0.3, -0.25) is 9.59 Å². The van der Waals surface area contributed by atoms with E-state index < -0.39 is 0 Å². The summed E-state index contributed by atoms with van der Waals surface area (Å²) in [6.45, 7) is 4.29. The first-order chi connectivity index (χ1) is 11.5. The number of pyridine rings is 1. The van der Waals surface area contributed by atoms with Crippen molar-refractivity contribution in [2.45, 2.75) is 26.9 Å². The topological polar surface area (TPSA) is 66.3 Å². The summed E-state index contributed by atoms with van der Waals surface area (Å²) in [6, 6.07) is 13.1. The Morgan fingerprint density at radius 3 is 2.67 bits per heavy atom. The molecule has 5 nitrogen and oxygen atoms in total. The number of carbonyl (C=O) groups is 1. The van der Waals surface area contributed by atoms with Gasteiger partial charge in [0.2, 0.25) is 5.91 Å². The minimum absolute atomic E-state index is 0.0149. The molecule has 124 valence electrons. The van der Waals surface area contributed by atoms with Gasteiger partial charge in [0.25, 0.3) is 5.56 Å². The van der Waals surface area contributed by atoms with Crippen LogP contribution in [-0.2, 0) is 17.9 Å². The van der Waals surface area contributed by atoms with Gasteiger partial charge in [0.15, 0.2) is 0 Å². The van der Waals surface area contributed by atoms with Crippen LogP contribution in [0.4, 0.5) is 0 Å². The Labute approximate surface area is 139 Å². The Hall–Kier alpha value is -2.82. The minimum atomic E-state index is -0.172. The number of amides is 1. The highest BCUT2D eigenvalue weighted by atomic mass is 16.3. The van der Waals surface area contributed by atoms with Gasteiger partial charge in [-0.05, 0) is 29.7 Å². The van der Waals surface area contributed by atoms with Gasteiger partial charge >= 0.3 is 0 Å². The lowest BCUT2D eigenvalue weighted by Crippen LogP contribution is -2.35. The zero-order chi connectivity index (χ0) is 17.1. The lowest BCUT2D eigenvalue weighted by Gasteiger charge is -2.23. The van der Waals surface area contributed by atoms with Crippen LogP contribution in [-0.4, -0.2) is 15.8 Å². The van der Waals surface area contributed by atoms with E-state index >= 15 is 0 Å². The second-order valence-corrected chi connectivity index (χ2v) is 6.14. The minimum Gasteiger partial charge on any atom is -0.467 e. The summed E-state index contributed by atoms with van der Waals surface area (Å²) in [5.74, 6) is 0.527. The number of hydrogen-bond acceptors (Lipinski definition) is 3. The fraction of sp³-hybridized carbons (Fsp3) is 0.263. The quantitative estimate of drug-likeness (QED) is 0.783. The normalized spacial score (nSPS) is 11.1. The van der Waals surface area contributed by atoms with E-state index in [9.17, 15) is 9.59 Å². The summed E-state index contributed by atoms with van der Waals surface area (Å²) >= 11 is 0. The maximum atomic E-state index is 12.5. The van der Waals surface area contributed by atoms with Crippen LogP contribution in [0.15, 0.2) is 57.9 Å². The molecule has 0 aliphatic carbocycles. The Bertz CT molecular complexity index is 894. The smallest absolute Gasteiger partial charge is 0.253 e. The molecule has 2 heterocycles. The fourth-order valence-electron chi connectivity index (χ4n) is 2.68. The maximum absolute atomic E-state index is 12.5. The number of furan rings is 1. The molecule has 1 N–H and O–H groups in total. The van der Waals surface area contributed by atoms with Crippen molar-refractivity contribution in [1.82, 2.24) is 9.88 Å². The van der Waals surface area contributed by atoms with Crippen molar-refractivity contribution in [2.75, 3.05) is 0 Å². The molecule has 0 fully saturated rings. The lowest BCUT2D eigenvalue weighted by atomic mass is 10.1. The molecular formula is C19H20N2O3. The van der Waals surface area contributed by atoms with Crippen molar-refractivity contribution in [3.8, 4) is 0 Å². The second kappa shape index (κ2) is 6.74. The van der Waals surface area contributed by atoms with Crippen molar-refractivity contribution in [2.24, 2.45) is 5.92 Å². The molecule has 1 amide bonds. The van der Waals surface area contributed by atoms with Gasteiger partial charge in [-0.15, -0.1) is 0 Å². The molecule has 0 aliphatic rings. The number of para-hydroxylation sites is 1. The van der Waals surface area contributed by atoms with Crippen molar-refractivity contribution < 1.29 is 9.21 Å². The van der Waals surface area contributed by atoms with Gasteiger partial charge in [-0.25, -0.2) is 0 Å². The summed E-state index contributed by atoms with van der Waals surface area (Å²) in [7, 11) is 0. The highest BCUT2D eigenvalue weighted by Gasteiger charge is 2.20. The van der Waals surface area contributed by atoms with Crippen LogP contribution >= 0.6 is 0 Å². The number of carbonyl (C=O) groups excluding carboxylic acids is 1. The third-order valence-electron chi connectivity index (χ3n) is 3.92. The number of nitrogens with one attached hydrogen (secondary N) is 1. The van der Waals surface area contributed by atoms with Crippen molar-refractivity contribution in [3.63, 3.8) is 0 Å². The van der Waals surface area contributed by atoms with Gasteiger partial charge in [0, 0.05) is 17.0 Å². The first kappa shape index (κ1) is 16.1. The average molecular weight is 324 g/mol. The van der Waals surface area contributed by atoms with E-state index in [0.29, 0.717) is 17.9 Å². The van der Waals surface area contributed by atoms with Gasteiger partial charge in [0.05, 0.1) is 19.4 Å². The summed E-state index contributed by atoms with van der Waals surface area (Å²) < 4.78 is 5.35. The van der Waals surface area contributed by atoms with Crippen LogP contribution in [0.2, 0.25) is 0 Å². The molecule has 0 saturated heterocycles. The first-order valence-electron chi connectivity index (χ1n) is 7.96. The molecular weight excluding hydrogens is 304 g/mol. The van der Waals surface area contributed by atoms with E-state index in [-0.39, 0.29) is 23.9 Å². The third-order valence-corrected chi connectivity index (χ3v) is 3.92. The van der Waals surface area contributed by atoms with E-state index in [1.165, 1.54) is 0 Å². The van der Waals surface area contributed by atoms with Crippen LogP contribution in [0, 0.1) is 5.92 Å². The zero-order valence-corrected chi connectivity index (χ0v) is 13.8. The number of fused-ring (bicyclic) bond motifs is 1. The van der Waals surface area contributed by atoms with E-state index in [0.717, 1.165) is 10.9 Å². The summed E-state index contributed by atoms with van der Waals surface area (Å²) in [5, 5.41) is 0.946. The molecule has 0 aliphatic heterocycles. The van der Waals surface area contributed by atoms with Crippen molar-refractivity contribution >= 4 is 16.8 Å². The summed E-state index contributed by atoms with van der Waals surface area (Å²) in [6.07, 6.45) is 1.58. The first-order valence-corrected chi connectivity index (χ1v) is 7.96. The molecule has 0 bridgehead atoms. The molecule has 5 heteroatoms. The van der Waals surface area contributed by atoms with Gasteiger partial charge in [0.1, 0.15) is 5.76 Å². The van der Waals surface area contributed by atoms with E-state index in [4.69, 9.17) is 4.42 Å². The van der Waals surface area contributed by atoms with Gasteiger partial charge in [-0.1, -0.05) is 32.0 Å². The average Bonchev–Trinajstić information content (AvgIpc) is 3.07. The van der Waals surface area contributed by atoms with E-state index in [1.807, 2.05) is 50.2 Å². The number of aromatic nitrogens is 1. The number of nitrogens with zero attached hydrogens (tertiary/aromatic N) is 1. The Kier molecular flexibility index (Phi) is 4.51. The van der Waals surface area contributed by atoms with Crippen LogP contribution < -0.4 is 5.56 Å². The zero-order valence-electron chi connectivity index (χ0n) is 13.8. The largest absolute Gasteiger partial charge is 0.467 e. The molecule has 1 aromatic carbocycles. The molecule has 0 radical (unpaired) electrons. The number of hydrogen-bond donors (Lipinski definition) is 1. The van der Waals surface area contributed by atoms with Crippen LogP contribution in [0.5, 0.6) is 0 Å². The monoisotopic (exact) mass is 324 g/mol. The molecule has 0 unspecified atom stereocenters. The van der Waals surface area contributed by atoms with Crippen LogP contribution in [0.1, 0.15) is 25.2 Å². The fourth-order valence-corrected chi connectivity index (χ4v) is 2.68. The molecule has 3 rings (SSSR count). The lowest BCUT2D eigenvalue weighted by molar-refractivity contribution is -0.136. The SMILES string of the molecule is CC(C)C(=O)N(Cc1ccco1)Cc1cc2ccccc2[nH]c1=O. The Morgan fingerprint density at radius 2 is 1.96 bits per heavy atom. The Balaban J connectivity index is 1.93. The molecule has 24 heavy (non-hydrogen) atoms. The molecule has 2 aromatic heterocycles. The molecule has 0 spiro atoms. The third kappa shape index (κ3) is 3.40. The second-order valence-electron chi connectivity index (χ2n) is 6.14. The summed E-state index contributed by atoms with van der Waals surface area (Å²) in [4.78, 5) is 29.4. The molecule has 0 atom stereocenters. The predicted molar refractivity (Wildman–Crippen MR) is 92.4 cm³/mol. The van der Waals surface area contributed by atoms with Crippen molar-refractivity contribution in [1.29, 1.82) is 0 Å². The van der Waals surface area contributed by atoms with Crippen LogP contribution in [0.25, 0.3) is 10.9 Å². The highest BCUT2D eigenvalue weighted by Crippen LogP contribution is 2.15. The van der Waals surface area contributed by atoms with Gasteiger partial charge < -0.3 is 14.3 Å². The summed E-state index contributed by atoms with van der Waals surface area (Å²) in [5.41, 5.74) is 1.18. The highest BCUT2D eigenvalue weighted by molar-refractivity contribution is 5.80. The number of benzene rings is 1. The van der Waals surface area contributed by atoms with Crippen molar-refractivity contribution in [3.05, 3.63) is 70.4 Å². The van der Waals surface area contributed by atoms with E-state index in [1.54, 1.807) is 17.2 Å². The number of aromatic amines is 1.